The van der Waals surface area contributed by atoms with Crippen molar-refractivity contribution in [1.82, 2.24) is 4.90 Å². The van der Waals surface area contributed by atoms with Gasteiger partial charge >= 0.3 is 5.97 Å². The zero-order chi connectivity index (χ0) is 12.1. The van der Waals surface area contributed by atoms with Crippen LogP contribution >= 0.6 is 0 Å². The molecule has 1 N–H and O–H groups in total. The molecule has 0 aliphatic heterocycles. The first-order valence-corrected chi connectivity index (χ1v) is 4.93. The molecule has 1 atom stereocenters. The lowest BCUT2D eigenvalue weighted by atomic mass is 10.2. The van der Waals surface area contributed by atoms with Crippen molar-refractivity contribution in [2.45, 2.75) is 25.9 Å². The van der Waals surface area contributed by atoms with Gasteiger partial charge in [0.2, 0.25) is 0 Å². The maximum absolute atomic E-state index is 10.8. The van der Waals surface area contributed by atoms with Gasteiger partial charge < -0.3 is 9.52 Å². The lowest BCUT2D eigenvalue weighted by Crippen LogP contribution is -2.28. The summed E-state index contributed by atoms with van der Waals surface area (Å²) in [6.07, 6.45) is 1.77. The van der Waals surface area contributed by atoms with Gasteiger partial charge in [0.15, 0.2) is 0 Å². The first-order valence-electron chi connectivity index (χ1n) is 4.93. The van der Waals surface area contributed by atoms with Crippen LogP contribution in [0.1, 0.15) is 29.5 Å². The van der Waals surface area contributed by atoms with Crippen molar-refractivity contribution in [3.05, 3.63) is 23.7 Å². The van der Waals surface area contributed by atoms with Crippen molar-refractivity contribution in [3.63, 3.8) is 0 Å². The van der Waals surface area contributed by atoms with Crippen LogP contribution in [0.5, 0.6) is 0 Å². The van der Waals surface area contributed by atoms with Crippen molar-refractivity contribution in [2.75, 3.05) is 7.05 Å². The number of carbonyl (C=O) groups is 1. The number of carboxylic acids is 1. The minimum Gasteiger partial charge on any atom is -0.478 e. The first-order chi connectivity index (χ1) is 7.56. The fourth-order valence-electron chi connectivity index (χ4n) is 1.32. The summed E-state index contributed by atoms with van der Waals surface area (Å²) in [5, 5.41) is 17.4. The summed E-state index contributed by atoms with van der Waals surface area (Å²) in [6.45, 7) is 2.30. The molecule has 0 aromatic carbocycles. The summed E-state index contributed by atoms with van der Waals surface area (Å²) >= 11 is 0. The summed E-state index contributed by atoms with van der Waals surface area (Å²) in [5.74, 6) is -0.579. The van der Waals surface area contributed by atoms with Crippen LogP contribution in [0.25, 0.3) is 0 Å². The molecule has 86 valence electrons. The van der Waals surface area contributed by atoms with E-state index in [2.05, 4.69) is 6.07 Å². The van der Waals surface area contributed by atoms with E-state index in [0.717, 1.165) is 0 Å². The predicted molar refractivity (Wildman–Crippen MR) is 56.8 cm³/mol. The Bertz CT molecular complexity index is 406. The molecule has 5 nitrogen and oxygen atoms in total. The molecule has 1 unspecified atom stereocenters. The molecule has 0 fully saturated rings. The topological polar surface area (TPSA) is 77.5 Å². The Kier molecular flexibility index (Phi) is 4.09. The van der Waals surface area contributed by atoms with E-state index >= 15 is 0 Å². The second kappa shape index (κ2) is 5.33. The standard InChI is InChI=1S/C11H14N2O3/c1-8(3-5-12)13(2)7-10-9(11(14)15)4-6-16-10/h4,6,8H,3,7H2,1-2H3,(H,14,15). The summed E-state index contributed by atoms with van der Waals surface area (Å²) in [6, 6.07) is 3.57. The van der Waals surface area contributed by atoms with Gasteiger partial charge in [0.1, 0.15) is 11.3 Å². The highest BCUT2D eigenvalue weighted by molar-refractivity contribution is 5.88. The number of nitriles is 1. The Morgan fingerprint density at radius 2 is 2.44 bits per heavy atom. The summed E-state index contributed by atoms with van der Waals surface area (Å²) in [5.41, 5.74) is 0.177. The van der Waals surface area contributed by atoms with E-state index in [4.69, 9.17) is 14.8 Å². The van der Waals surface area contributed by atoms with Crippen LogP contribution in [0.3, 0.4) is 0 Å². The maximum Gasteiger partial charge on any atom is 0.339 e. The van der Waals surface area contributed by atoms with Gasteiger partial charge in [-0.05, 0) is 20.0 Å². The molecule has 0 aliphatic carbocycles. The Hall–Kier alpha value is -1.80. The van der Waals surface area contributed by atoms with Crippen LogP contribution < -0.4 is 0 Å². The molecule has 1 heterocycles. The lowest BCUT2D eigenvalue weighted by molar-refractivity contribution is 0.0692. The average molecular weight is 222 g/mol. The molecule has 5 heteroatoms. The molecule has 1 rings (SSSR count). The predicted octanol–water partition coefficient (Wildman–Crippen LogP) is 1.71. The van der Waals surface area contributed by atoms with Crippen molar-refractivity contribution >= 4 is 5.97 Å². The van der Waals surface area contributed by atoms with Gasteiger partial charge in [-0.2, -0.15) is 5.26 Å². The fraction of sp³-hybridized carbons (Fsp3) is 0.455. The SMILES string of the molecule is CC(CC#N)N(C)Cc1occc1C(=O)O. The number of hydrogen-bond acceptors (Lipinski definition) is 4. The molecule has 16 heavy (non-hydrogen) atoms. The van der Waals surface area contributed by atoms with E-state index in [0.29, 0.717) is 18.7 Å². The highest BCUT2D eigenvalue weighted by Crippen LogP contribution is 2.14. The van der Waals surface area contributed by atoms with E-state index in [1.165, 1.54) is 12.3 Å². The molecule has 0 spiro atoms. The molecule has 1 aromatic rings. The number of hydrogen-bond donors (Lipinski definition) is 1. The van der Waals surface area contributed by atoms with E-state index < -0.39 is 5.97 Å². The molecule has 0 bridgehead atoms. The van der Waals surface area contributed by atoms with Gasteiger partial charge in [0.25, 0.3) is 0 Å². The van der Waals surface area contributed by atoms with Crippen molar-refractivity contribution in [2.24, 2.45) is 0 Å². The van der Waals surface area contributed by atoms with Crippen LogP contribution in [0.15, 0.2) is 16.7 Å². The smallest absolute Gasteiger partial charge is 0.339 e. The Morgan fingerprint density at radius 1 is 1.75 bits per heavy atom. The Labute approximate surface area is 93.9 Å². The summed E-state index contributed by atoms with van der Waals surface area (Å²) in [7, 11) is 1.83. The quantitative estimate of drug-likeness (QED) is 0.820. The van der Waals surface area contributed by atoms with Gasteiger partial charge in [-0.15, -0.1) is 0 Å². The third-order valence-electron chi connectivity index (χ3n) is 2.51. The number of nitrogens with zero attached hydrogens (tertiary/aromatic N) is 2. The molecule has 0 saturated carbocycles. The highest BCUT2D eigenvalue weighted by Gasteiger charge is 2.17. The summed E-state index contributed by atoms with van der Waals surface area (Å²) < 4.78 is 5.12. The lowest BCUT2D eigenvalue weighted by Gasteiger charge is -2.21. The fourth-order valence-corrected chi connectivity index (χ4v) is 1.32. The first kappa shape index (κ1) is 12.3. The van der Waals surface area contributed by atoms with Crippen molar-refractivity contribution < 1.29 is 14.3 Å². The minimum atomic E-state index is -0.995. The molecule has 0 radical (unpaired) electrons. The highest BCUT2D eigenvalue weighted by atomic mass is 16.4. The average Bonchev–Trinajstić information content (AvgIpc) is 2.66. The number of carboxylic acid groups (broad SMARTS) is 1. The number of aromatic carboxylic acids is 1. The Balaban J connectivity index is 2.70. The van der Waals surface area contributed by atoms with E-state index in [9.17, 15) is 4.79 Å². The second-order valence-corrected chi connectivity index (χ2v) is 3.69. The van der Waals surface area contributed by atoms with Gasteiger partial charge in [-0.1, -0.05) is 0 Å². The van der Waals surface area contributed by atoms with E-state index in [-0.39, 0.29) is 11.6 Å². The molecule has 0 saturated heterocycles. The largest absolute Gasteiger partial charge is 0.478 e. The zero-order valence-corrected chi connectivity index (χ0v) is 9.30. The van der Waals surface area contributed by atoms with E-state index in [1.807, 2.05) is 18.9 Å². The van der Waals surface area contributed by atoms with Crippen LogP contribution in [0.2, 0.25) is 0 Å². The monoisotopic (exact) mass is 222 g/mol. The molecule has 1 aromatic heterocycles. The number of furan rings is 1. The minimum absolute atomic E-state index is 0.0664. The zero-order valence-electron chi connectivity index (χ0n) is 9.30. The molecule has 0 amide bonds. The maximum atomic E-state index is 10.8. The molecular formula is C11H14N2O3. The number of rotatable bonds is 5. The van der Waals surface area contributed by atoms with Crippen molar-refractivity contribution in [3.8, 4) is 6.07 Å². The Morgan fingerprint density at radius 3 is 3.00 bits per heavy atom. The molecular weight excluding hydrogens is 208 g/mol. The van der Waals surface area contributed by atoms with Gasteiger partial charge in [0, 0.05) is 6.04 Å². The van der Waals surface area contributed by atoms with Gasteiger partial charge in [-0.25, -0.2) is 4.79 Å². The van der Waals surface area contributed by atoms with Gasteiger partial charge in [-0.3, -0.25) is 4.90 Å². The van der Waals surface area contributed by atoms with E-state index in [1.54, 1.807) is 0 Å². The van der Waals surface area contributed by atoms with Crippen LogP contribution in [-0.4, -0.2) is 29.1 Å². The van der Waals surface area contributed by atoms with Crippen LogP contribution in [-0.2, 0) is 6.54 Å². The normalized spacial score (nSPS) is 12.4. The van der Waals surface area contributed by atoms with Gasteiger partial charge in [0.05, 0.1) is 25.3 Å². The van der Waals surface area contributed by atoms with Crippen LogP contribution in [0, 0.1) is 11.3 Å². The van der Waals surface area contributed by atoms with Crippen molar-refractivity contribution in [1.29, 1.82) is 5.26 Å². The molecule has 0 aliphatic rings. The van der Waals surface area contributed by atoms with Crippen LogP contribution in [0.4, 0.5) is 0 Å². The third kappa shape index (κ3) is 2.84. The second-order valence-electron chi connectivity index (χ2n) is 3.69. The summed E-state index contributed by atoms with van der Waals surface area (Å²) in [4.78, 5) is 12.7. The third-order valence-corrected chi connectivity index (χ3v) is 2.51.